The van der Waals surface area contributed by atoms with E-state index in [1.165, 1.54) is 22.9 Å². The molecule has 0 radical (unpaired) electrons. The molecule has 9 heteroatoms. The predicted molar refractivity (Wildman–Crippen MR) is 126 cm³/mol. The number of hydrogen-bond acceptors (Lipinski definition) is 6. The van der Waals surface area contributed by atoms with Crippen molar-refractivity contribution in [3.63, 3.8) is 0 Å². The molecule has 31 heavy (non-hydrogen) atoms. The summed E-state index contributed by atoms with van der Waals surface area (Å²) in [5.41, 5.74) is 4.60. The number of aromatic nitrogens is 2. The van der Waals surface area contributed by atoms with Crippen LogP contribution in [-0.2, 0) is 12.8 Å². The number of carbonyl (C=O) groups is 1. The van der Waals surface area contributed by atoms with Crippen molar-refractivity contribution in [2.24, 2.45) is 0 Å². The molecule has 0 unspecified atom stereocenters. The monoisotopic (exact) mass is 471 g/mol. The number of nitrogens with one attached hydrogen (secondary N) is 2. The lowest BCUT2D eigenvalue weighted by Crippen LogP contribution is -2.35. The van der Waals surface area contributed by atoms with Gasteiger partial charge in [0.1, 0.15) is 5.03 Å². The third-order valence-electron chi connectivity index (χ3n) is 5.37. The molecule has 2 aliphatic rings. The molecule has 158 valence electrons. The molecule has 3 aromatic rings. The number of halogens is 2. The van der Waals surface area contributed by atoms with Gasteiger partial charge in [-0.2, -0.15) is 0 Å². The zero-order valence-corrected chi connectivity index (χ0v) is 18.8. The average Bonchev–Trinajstić information content (AvgIpc) is 3.00. The molecule has 2 N–H and O–H groups in total. The van der Waals surface area contributed by atoms with Crippen LogP contribution in [0.1, 0.15) is 21.5 Å². The SMILES string of the molecule is O=C1c2cnc(Nc3ccc4c(c3)CCNCC4)nc2SCN1c1c(Cl)cccc1Cl. The van der Waals surface area contributed by atoms with Gasteiger partial charge in [-0.05, 0) is 61.3 Å². The Morgan fingerprint density at radius 1 is 1.06 bits per heavy atom. The lowest BCUT2D eigenvalue weighted by Gasteiger charge is -2.28. The van der Waals surface area contributed by atoms with Gasteiger partial charge in [0.05, 0.1) is 27.2 Å². The van der Waals surface area contributed by atoms with E-state index in [0.29, 0.717) is 38.1 Å². The molecule has 3 heterocycles. The standard InChI is InChI=1S/C22H19Cl2N5OS/c23-17-2-1-3-18(24)19(17)29-12-31-20-16(21(29)30)11-26-22(28-20)27-15-5-4-13-6-8-25-9-7-14(13)10-15/h1-5,10-11,25H,6-9,12H2,(H,26,27,28). The topological polar surface area (TPSA) is 70.1 Å². The summed E-state index contributed by atoms with van der Waals surface area (Å²) in [5, 5.41) is 8.21. The van der Waals surface area contributed by atoms with Crippen LogP contribution in [0, 0.1) is 0 Å². The minimum atomic E-state index is -0.215. The number of para-hydroxylation sites is 1. The highest BCUT2D eigenvalue weighted by molar-refractivity contribution is 7.99. The van der Waals surface area contributed by atoms with Crippen LogP contribution in [0.15, 0.2) is 47.6 Å². The molecule has 0 spiro atoms. The second-order valence-electron chi connectivity index (χ2n) is 7.35. The quantitative estimate of drug-likeness (QED) is 0.528. The number of amides is 1. The van der Waals surface area contributed by atoms with E-state index in [0.717, 1.165) is 31.6 Å². The Hall–Kier alpha value is -2.32. The first kappa shape index (κ1) is 20.6. The Labute approximate surface area is 194 Å². The Morgan fingerprint density at radius 3 is 2.65 bits per heavy atom. The summed E-state index contributed by atoms with van der Waals surface area (Å²) in [6.45, 7) is 1.99. The van der Waals surface area contributed by atoms with E-state index in [4.69, 9.17) is 23.2 Å². The van der Waals surface area contributed by atoms with Gasteiger partial charge in [0.25, 0.3) is 5.91 Å². The van der Waals surface area contributed by atoms with Crippen molar-refractivity contribution in [3.05, 3.63) is 69.3 Å². The molecule has 2 aliphatic heterocycles. The highest BCUT2D eigenvalue weighted by atomic mass is 35.5. The Bertz CT molecular complexity index is 1150. The van der Waals surface area contributed by atoms with Gasteiger partial charge in [0.15, 0.2) is 0 Å². The van der Waals surface area contributed by atoms with E-state index in [1.807, 2.05) is 6.07 Å². The molecule has 0 bridgehead atoms. The smallest absolute Gasteiger partial charge is 0.263 e. The van der Waals surface area contributed by atoms with Gasteiger partial charge in [0, 0.05) is 11.9 Å². The van der Waals surface area contributed by atoms with Crippen LogP contribution in [0.5, 0.6) is 0 Å². The number of rotatable bonds is 3. The molecule has 1 aromatic heterocycles. The summed E-state index contributed by atoms with van der Waals surface area (Å²) in [5.74, 6) is 0.625. The Balaban J connectivity index is 1.39. The first-order valence-corrected chi connectivity index (χ1v) is 11.7. The Morgan fingerprint density at radius 2 is 1.84 bits per heavy atom. The molecule has 0 saturated heterocycles. The van der Waals surface area contributed by atoms with Crippen LogP contribution in [0.2, 0.25) is 10.0 Å². The molecular formula is C22H19Cl2N5OS. The van der Waals surface area contributed by atoms with Crippen molar-refractivity contribution in [2.75, 3.05) is 29.2 Å². The highest BCUT2D eigenvalue weighted by Gasteiger charge is 2.30. The molecule has 2 aromatic carbocycles. The number of nitrogens with zero attached hydrogens (tertiary/aromatic N) is 3. The molecule has 1 amide bonds. The minimum absolute atomic E-state index is 0.215. The van der Waals surface area contributed by atoms with Crippen LogP contribution in [0.4, 0.5) is 17.3 Å². The lowest BCUT2D eigenvalue weighted by atomic mass is 10.0. The number of fused-ring (bicyclic) bond motifs is 2. The summed E-state index contributed by atoms with van der Waals surface area (Å²) >= 11 is 14.0. The fourth-order valence-electron chi connectivity index (χ4n) is 3.81. The first-order valence-electron chi connectivity index (χ1n) is 9.95. The second kappa shape index (κ2) is 8.67. The van der Waals surface area contributed by atoms with Crippen LogP contribution in [-0.4, -0.2) is 34.8 Å². The summed E-state index contributed by atoms with van der Waals surface area (Å²) in [4.78, 5) is 23.6. The van der Waals surface area contributed by atoms with Gasteiger partial charge in [-0.15, -0.1) is 0 Å². The molecule has 0 atom stereocenters. The number of benzene rings is 2. The largest absolute Gasteiger partial charge is 0.324 e. The highest BCUT2D eigenvalue weighted by Crippen LogP contribution is 2.39. The van der Waals surface area contributed by atoms with Crippen LogP contribution < -0.4 is 15.5 Å². The van der Waals surface area contributed by atoms with E-state index in [2.05, 4.69) is 32.7 Å². The van der Waals surface area contributed by atoms with Crippen LogP contribution >= 0.6 is 35.0 Å². The van der Waals surface area contributed by atoms with Crippen molar-refractivity contribution in [1.29, 1.82) is 0 Å². The van der Waals surface area contributed by atoms with E-state index < -0.39 is 0 Å². The van der Waals surface area contributed by atoms with Gasteiger partial charge in [0.2, 0.25) is 5.95 Å². The van der Waals surface area contributed by atoms with Gasteiger partial charge >= 0.3 is 0 Å². The first-order chi connectivity index (χ1) is 15.1. The molecule has 0 saturated carbocycles. The third-order valence-corrected chi connectivity index (χ3v) is 6.95. The van der Waals surface area contributed by atoms with E-state index in [-0.39, 0.29) is 5.91 Å². The number of anilines is 3. The molecular weight excluding hydrogens is 453 g/mol. The second-order valence-corrected chi connectivity index (χ2v) is 9.10. The fourth-order valence-corrected chi connectivity index (χ4v) is 5.35. The normalized spacial score (nSPS) is 15.8. The summed E-state index contributed by atoms with van der Waals surface area (Å²) in [7, 11) is 0. The lowest BCUT2D eigenvalue weighted by molar-refractivity contribution is 0.0985. The van der Waals surface area contributed by atoms with E-state index >= 15 is 0 Å². The maximum Gasteiger partial charge on any atom is 0.263 e. The predicted octanol–water partition coefficient (Wildman–Crippen LogP) is 4.93. The minimum Gasteiger partial charge on any atom is -0.324 e. The van der Waals surface area contributed by atoms with Crippen molar-refractivity contribution >= 4 is 58.2 Å². The zero-order chi connectivity index (χ0) is 21.4. The van der Waals surface area contributed by atoms with E-state index in [1.54, 1.807) is 29.3 Å². The van der Waals surface area contributed by atoms with Gasteiger partial charge in [-0.3, -0.25) is 9.69 Å². The third kappa shape index (κ3) is 4.11. The molecule has 0 aliphatic carbocycles. The average molecular weight is 472 g/mol. The van der Waals surface area contributed by atoms with Crippen molar-refractivity contribution in [2.45, 2.75) is 17.9 Å². The Kier molecular flexibility index (Phi) is 5.75. The van der Waals surface area contributed by atoms with Crippen LogP contribution in [0.25, 0.3) is 0 Å². The number of thioether (sulfide) groups is 1. The van der Waals surface area contributed by atoms with E-state index in [9.17, 15) is 4.79 Å². The zero-order valence-electron chi connectivity index (χ0n) is 16.5. The number of carbonyl (C=O) groups excluding carboxylic acids is 1. The summed E-state index contributed by atoms with van der Waals surface area (Å²) in [6, 6.07) is 11.6. The van der Waals surface area contributed by atoms with Crippen molar-refractivity contribution in [3.8, 4) is 0 Å². The van der Waals surface area contributed by atoms with Crippen molar-refractivity contribution in [1.82, 2.24) is 15.3 Å². The fraction of sp³-hybridized carbons (Fsp3) is 0.227. The maximum absolute atomic E-state index is 13.1. The number of hydrogen-bond donors (Lipinski definition) is 2. The van der Waals surface area contributed by atoms with Gasteiger partial charge in [-0.25, -0.2) is 9.97 Å². The summed E-state index contributed by atoms with van der Waals surface area (Å²) in [6.07, 6.45) is 3.60. The van der Waals surface area contributed by atoms with Gasteiger partial charge < -0.3 is 10.6 Å². The molecule has 6 nitrogen and oxygen atoms in total. The van der Waals surface area contributed by atoms with Gasteiger partial charge in [-0.1, -0.05) is 47.1 Å². The summed E-state index contributed by atoms with van der Waals surface area (Å²) < 4.78 is 0. The maximum atomic E-state index is 13.1. The molecule has 0 fully saturated rings. The van der Waals surface area contributed by atoms with Crippen molar-refractivity contribution < 1.29 is 4.79 Å². The molecule has 5 rings (SSSR count). The van der Waals surface area contributed by atoms with Crippen LogP contribution in [0.3, 0.4) is 0 Å².